The molecule has 0 radical (unpaired) electrons. The molecule has 0 spiro atoms. The summed E-state index contributed by atoms with van der Waals surface area (Å²) in [7, 11) is 0. The molecule has 2 atom stereocenters. The van der Waals surface area contributed by atoms with Crippen molar-refractivity contribution < 1.29 is 8.76 Å². The minimum Gasteiger partial charge on any atom is -0.376 e. The molecule has 3 rings (SSSR count). The Morgan fingerprint density at radius 1 is 1.29 bits per heavy atom. The van der Waals surface area contributed by atoms with Gasteiger partial charge in [-0.25, -0.2) is 14.2 Å². The van der Waals surface area contributed by atoms with E-state index in [-0.39, 0.29) is 11.8 Å². The standard InChI is InChI=1S/C15H17N3O2S/c19-21(20)10-15-16-8-12(9-17-15)18-14-7-3-5-11-4-1-2-6-13(11)14/h1-2,4,6,8-9,14,18H,3,5,7,10H2,(H,19,20)/t14-/m1/s1. The maximum Gasteiger partial charge on any atom is 0.160 e. The van der Waals surface area contributed by atoms with E-state index in [0.29, 0.717) is 5.82 Å². The second kappa shape index (κ2) is 6.32. The first kappa shape index (κ1) is 14.2. The number of aromatic nitrogens is 2. The maximum absolute atomic E-state index is 10.7. The highest BCUT2D eigenvalue weighted by Gasteiger charge is 2.19. The molecule has 2 aromatic rings. The number of rotatable bonds is 4. The van der Waals surface area contributed by atoms with Gasteiger partial charge < -0.3 is 9.87 Å². The van der Waals surface area contributed by atoms with Crippen LogP contribution in [-0.4, -0.2) is 18.7 Å². The molecule has 21 heavy (non-hydrogen) atoms. The largest absolute Gasteiger partial charge is 0.376 e. The second-order valence-corrected chi connectivity index (χ2v) is 6.07. The van der Waals surface area contributed by atoms with Crippen molar-refractivity contribution in [2.24, 2.45) is 0 Å². The molecule has 1 aliphatic carbocycles. The summed E-state index contributed by atoms with van der Waals surface area (Å²) < 4.78 is 19.5. The SMILES string of the molecule is O=S(O)Cc1ncc(N[C@@H]2CCCc3ccccc32)cn1. The van der Waals surface area contributed by atoms with Crippen molar-refractivity contribution in [3.8, 4) is 0 Å². The number of aryl methyl sites for hydroxylation is 1. The molecule has 0 saturated carbocycles. The van der Waals surface area contributed by atoms with E-state index in [1.165, 1.54) is 11.1 Å². The molecule has 1 aromatic carbocycles. The number of hydrogen-bond donors (Lipinski definition) is 2. The Morgan fingerprint density at radius 3 is 2.81 bits per heavy atom. The fourth-order valence-corrected chi connectivity index (χ4v) is 3.09. The van der Waals surface area contributed by atoms with Gasteiger partial charge in [0.05, 0.1) is 24.1 Å². The van der Waals surface area contributed by atoms with E-state index in [9.17, 15) is 4.21 Å². The highest BCUT2D eigenvalue weighted by Crippen LogP contribution is 2.31. The Morgan fingerprint density at radius 2 is 2.05 bits per heavy atom. The van der Waals surface area contributed by atoms with Crippen LogP contribution >= 0.6 is 0 Å². The lowest BCUT2D eigenvalue weighted by atomic mass is 9.88. The summed E-state index contributed by atoms with van der Waals surface area (Å²) in [6.07, 6.45) is 6.72. The number of fused-ring (bicyclic) bond motifs is 1. The molecular formula is C15H17N3O2S. The van der Waals surface area contributed by atoms with Crippen LogP contribution in [0.4, 0.5) is 5.69 Å². The summed E-state index contributed by atoms with van der Waals surface area (Å²) in [6, 6.07) is 8.76. The smallest absolute Gasteiger partial charge is 0.160 e. The topological polar surface area (TPSA) is 75.1 Å². The van der Waals surface area contributed by atoms with Crippen molar-refractivity contribution in [1.29, 1.82) is 0 Å². The van der Waals surface area contributed by atoms with Crippen molar-refractivity contribution in [2.75, 3.05) is 5.32 Å². The monoisotopic (exact) mass is 303 g/mol. The number of nitrogens with one attached hydrogen (secondary N) is 1. The van der Waals surface area contributed by atoms with Gasteiger partial charge >= 0.3 is 0 Å². The Balaban J connectivity index is 1.74. The van der Waals surface area contributed by atoms with Crippen molar-refractivity contribution >= 4 is 16.8 Å². The van der Waals surface area contributed by atoms with Crippen LogP contribution in [0.2, 0.25) is 0 Å². The Bertz CT molecular complexity index is 646. The number of nitrogens with zero attached hydrogens (tertiary/aromatic N) is 2. The van der Waals surface area contributed by atoms with Gasteiger partial charge in [-0.05, 0) is 30.4 Å². The molecule has 6 heteroatoms. The third-order valence-electron chi connectivity index (χ3n) is 3.67. The summed E-state index contributed by atoms with van der Waals surface area (Å²) in [5, 5.41) is 3.45. The highest BCUT2D eigenvalue weighted by molar-refractivity contribution is 7.78. The minimum absolute atomic E-state index is 0.0352. The molecule has 110 valence electrons. The third-order valence-corrected chi connectivity index (χ3v) is 4.17. The van der Waals surface area contributed by atoms with E-state index in [1.807, 2.05) is 0 Å². The van der Waals surface area contributed by atoms with Crippen molar-refractivity contribution in [3.05, 3.63) is 53.6 Å². The first-order valence-electron chi connectivity index (χ1n) is 6.95. The van der Waals surface area contributed by atoms with Crippen LogP contribution in [-0.2, 0) is 23.3 Å². The van der Waals surface area contributed by atoms with Crippen molar-refractivity contribution in [3.63, 3.8) is 0 Å². The lowest BCUT2D eigenvalue weighted by Gasteiger charge is -2.27. The third kappa shape index (κ3) is 3.46. The average Bonchev–Trinajstić information content (AvgIpc) is 2.49. The van der Waals surface area contributed by atoms with E-state index in [1.54, 1.807) is 12.4 Å². The zero-order valence-corrected chi connectivity index (χ0v) is 12.3. The first-order valence-corrected chi connectivity index (χ1v) is 8.22. The molecule has 1 aromatic heterocycles. The van der Waals surface area contributed by atoms with Crippen LogP contribution < -0.4 is 5.32 Å². The Labute approximate surface area is 126 Å². The van der Waals surface area contributed by atoms with Gasteiger partial charge in [-0.1, -0.05) is 24.3 Å². The lowest BCUT2D eigenvalue weighted by molar-refractivity contribution is 0.562. The van der Waals surface area contributed by atoms with Crippen molar-refractivity contribution in [2.45, 2.75) is 31.1 Å². The summed E-state index contributed by atoms with van der Waals surface area (Å²) in [6.45, 7) is 0. The molecule has 0 aliphatic heterocycles. The Kier molecular flexibility index (Phi) is 4.26. The predicted molar refractivity (Wildman–Crippen MR) is 82.3 cm³/mol. The Hall–Kier alpha value is -1.79. The normalized spacial score (nSPS) is 18.8. The van der Waals surface area contributed by atoms with Gasteiger partial charge in [0.15, 0.2) is 11.1 Å². The fraction of sp³-hybridized carbons (Fsp3) is 0.333. The van der Waals surface area contributed by atoms with E-state index in [4.69, 9.17) is 4.55 Å². The molecule has 0 fully saturated rings. The summed E-state index contributed by atoms with van der Waals surface area (Å²) >= 11 is -1.90. The zero-order valence-electron chi connectivity index (χ0n) is 11.5. The van der Waals surface area contributed by atoms with E-state index < -0.39 is 11.1 Å². The van der Waals surface area contributed by atoms with E-state index in [2.05, 4.69) is 39.6 Å². The highest BCUT2D eigenvalue weighted by atomic mass is 32.2. The second-order valence-electron chi connectivity index (χ2n) is 5.14. The van der Waals surface area contributed by atoms with Gasteiger partial charge in [0.1, 0.15) is 11.6 Å². The van der Waals surface area contributed by atoms with Crippen molar-refractivity contribution in [1.82, 2.24) is 9.97 Å². The van der Waals surface area contributed by atoms with Gasteiger partial charge in [0, 0.05) is 0 Å². The molecule has 0 bridgehead atoms. The van der Waals surface area contributed by atoms with Gasteiger partial charge in [-0.3, -0.25) is 0 Å². The molecule has 1 aliphatic rings. The number of benzene rings is 1. The van der Waals surface area contributed by atoms with Crippen LogP contribution in [0.3, 0.4) is 0 Å². The molecule has 1 unspecified atom stereocenters. The number of hydrogen-bond acceptors (Lipinski definition) is 4. The summed E-state index contributed by atoms with van der Waals surface area (Å²) in [4.78, 5) is 8.23. The summed E-state index contributed by atoms with van der Waals surface area (Å²) in [5.41, 5.74) is 3.57. The van der Waals surface area contributed by atoms with Crippen LogP contribution in [0.1, 0.15) is 35.8 Å². The molecule has 0 saturated heterocycles. The maximum atomic E-state index is 10.7. The van der Waals surface area contributed by atoms with Crippen LogP contribution in [0.15, 0.2) is 36.7 Å². The summed E-state index contributed by atoms with van der Waals surface area (Å²) in [5.74, 6) is 0.345. The molecule has 5 nitrogen and oxygen atoms in total. The predicted octanol–water partition coefficient (Wildman–Crippen LogP) is 2.69. The first-order chi connectivity index (χ1) is 10.2. The lowest BCUT2D eigenvalue weighted by Crippen LogP contribution is -2.17. The van der Waals surface area contributed by atoms with Gasteiger partial charge in [-0.15, -0.1) is 0 Å². The molecule has 1 heterocycles. The molecule has 2 N–H and O–H groups in total. The molecular weight excluding hydrogens is 286 g/mol. The van der Waals surface area contributed by atoms with Gasteiger partial charge in [0.2, 0.25) is 0 Å². The minimum atomic E-state index is -1.90. The van der Waals surface area contributed by atoms with Gasteiger partial charge in [0.25, 0.3) is 0 Å². The number of anilines is 1. The quantitative estimate of drug-likeness (QED) is 0.849. The fourth-order valence-electron chi connectivity index (χ4n) is 2.72. The van der Waals surface area contributed by atoms with Crippen LogP contribution in [0, 0.1) is 0 Å². The van der Waals surface area contributed by atoms with Gasteiger partial charge in [-0.2, -0.15) is 0 Å². The zero-order chi connectivity index (χ0) is 14.7. The average molecular weight is 303 g/mol. The van der Waals surface area contributed by atoms with Crippen LogP contribution in [0.5, 0.6) is 0 Å². The molecule has 0 amide bonds. The van der Waals surface area contributed by atoms with E-state index in [0.717, 1.165) is 24.9 Å². The van der Waals surface area contributed by atoms with E-state index >= 15 is 0 Å². The van der Waals surface area contributed by atoms with Crippen LogP contribution in [0.25, 0.3) is 0 Å².